The van der Waals surface area contributed by atoms with Gasteiger partial charge in [-0.25, -0.2) is 13.8 Å². The zero-order valence-corrected chi connectivity index (χ0v) is 18.0. The van der Waals surface area contributed by atoms with Crippen molar-refractivity contribution in [3.63, 3.8) is 0 Å². The van der Waals surface area contributed by atoms with Gasteiger partial charge in [0.25, 0.3) is 5.91 Å². The number of carbonyl (C=O) groups is 2. The maximum Gasteiger partial charge on any atom is 0.269 e. The molecule has 0 atom stereocenters. The number of fused-ring (bicyclic) bond motifs is 1. The number of halogens is 2. The molecule has 0 unspecified atom stereocenters. The summed E-state index contributed by atoms with van der Waals surface area (Å²) in [5.74, 6) is -2.69. The Morgan fingerprint density at radius 1 is 1.22 bits per heavy atom. The van der Waals surface area contributed by atoms with Gasteiger partial charge in [0.1, 0.15) is 11.5 Å². The summed E-state index contributed by atoms with van der Waals surface area (Å²) in [5.41, 5.74) is 2.88. The normalized spacial score (nSPS) is 15.7. The van der Waals surface area contributed by atoms with E-state index in [-0.39, 0.29) is 49.6 Å². The molecule has 3 aromatic rings. The fourth-order valence-corrected chi connectivity index (χ4v) is 3.93. The minimum absolute atomic E-state index is 0.0746. The Kier molecular flexibility index (Phi) is 5.94. The van der Waals surface area contributed by atoms with E-state index in [0.717, 1.165) is 16.6 Å². The smallest absolute Gasteiger partial charge is 0.269 e. The summed E-state index contributed by atoms with van der Waals surface area (Å²) in [6.07, 6.45) is 1.30. The number of alkyl halides is 2. The summed E-state index contributed by atoms with van der Waals surface area (Å²) in [5, 5.41) is 9.79. The van der Waals surface area contributed by atoms with E-state index in [1.165, 1.54) is 0 Å². The molecule has 1 aliphatic carbocycles. The Bertz CT molecular complexity index is 1130. The zero-order chi connectivity index (χ0) is 22.9. The zero-order valence-electron chi connectivity index (χ0n) is 18.0. The van der Waals surface area contributed by atoms with Crippen LogP contribution >= 0.6 is 0 Å². The Morgan fingerprint density at radius 2 is 2.00 bits per heavy atom. The third kappa shape index (κ3) is 4.95. The average Bonchev–Trinajstić information content (AvgIpc) is 3.35. The second-order valence-electron chi connectivity index (χ2n) is 8.58. The number of aromatic amines is 1. The first-order valence-corrected chi connectivity index (χ1v) is 10.6. The molecule has 3 N–H and O–H groups in total. The number of imidazole rings is 1. The molecule has 170 valence electrons. The largest absolute Gasteiger partial charge is 0.352 e. The van der Waals surface area contributed by atoms with Gasteiger partial charge in [-0.05, 0) is 43.5 Å². The number of H-pyrrole nitrogens is 1. The van der Waals surface area contributed by atoms with Crippen molar-refractivity contribution in [1.29, 1.82) is 0 Å². The number of aromatic nitrogens is 4. The third-order valence-electron chi connectivity index (χ3n) is 5.54. The molecule has 1 aromatic carbocycles. The fourth-order valence-electron chi connectivity index (χ4n) is 3.93. The Morgan fingerprint density at radius 3 is 2.72 bits per heavy atom. The first-order chi connectivity index (χ1) is 15.2. The predicted molar refractivity (Wildman–Crippen MR) is 114 cm³/mol. The number of hydrogen-bond acceptors (Lipinski definition) is 4. The maximum absolute atomic E-state index is 12.9. The molecular formula is C22H26F2N6O2. The molecule has 2 amide bonds. The van der Waals surface area contributed by atoms with Crippen molar-refractivity contribution in [3.8, 4) is 0 Å². The molecule has 10 heteroatoms. The third-order valence-corrected chi connectivity index (χ3v) is 5.54. The number of nitrogens with one attached hydrogen (secondary N) is 3. The van der Waals surface area contributed by atoms with Crippen molar-refractivity contribution < 1.29 is 18.4 Å². The van der Waals surface area contributed by atoms with E-state index >= 15 is 0 Å². The number of benzene rings is 1. The molecule has 0 aliphatic heterocycles. The van der Waals surface area contributed by atoms with Gasteiger partial charge in [-0.15, -0.1) is 0 Å². The van der Waals surface area contributed by atoms with Crippen LogP contribution < -0.4 is 10.6 Å². The van der Waals surface area contributed by atoms with Crippen LogP contribution in [0.25, 0.3) is 11.0 Å². The topological polar surface area (TPSA) is 105 Å². The van der Waals surface area contributed by atoms with Gasteiger partial charge in [-0.2, -0.15) is 5.10 Å². The van der Waals surface area contributed by atoms with E-state index in [9.17, 15) is 18.4 Å². The molecule has 0 saturated heterocycles. The van der Waals surface area contributed by atoms with Crippen molar-refractivity contribution in [3.05, 3.63) is 47.5 Å². The standard InChI is InChI=1S/C22H26F2N6O2/c1-13(2)30-18(5-6-27-30)21(32)26-12-19-28-16-4-3-14(7-17(16)29-19)11-25-20(31)8-15-9-22(23,24)10-15/h3-7,13,15H,8-12H2,1-2H3,(H,25,31)(H,26,32)(H,28,29). The van der Waals surface area contributed by atoms with E-state index < -0.39 is 5.92 Å². The summed E-state index contributed by atoms with van der Waals surface area (Å²) in [7, 11) is 0. The van der Waals surface area contributed by atoms with Gasteiger partial charge in [-0.1, -0.05) is 6.07 Å². The van der Waals surface area contributed by atoms with Gasteiger partial charge >= 0.3 is 0 Å². The van der Waals surface area contributed by atoms with Gasteiger partial charge in [0.15, 0.2) is 0 Å². The summed E-state index contributed by atoms with van der Waals surface area (Å²) < 4.78 is 27.4. The molecule has 0 bridgehead atoms. The van der Waals surface area contributed by atoms with Crippen molar-refractivity contribution in [2.75, 3.05) is 0 Å². The second-order valence-corrected chi connectivity index (χ2v) is 8.58. The lowest BCUT2D eigenvalue weighted by Gasteiger charge is -2.34. The van der Waals surface area contributed by atoms with Crippen LogP contribution in [0, 0.1) is 5.92 Å². The molecule has 1 aliphatic rings. The van der Waals surface area contributed by atoms with Crippen molar-refractivity contribution in [1.82, 2.24) is 30.4 Å². The first-order valence-electron chi connectivity index (χ1n) is 10.6. The van der Waals surface area contributed by atoms with E-state index in [0.29, 0.717) is 18.1 Å². The molecule has 1 saturated carbocycles. The van der Waals surface area contributed by atoms with Crippen LogP contribution in [0.1, 0.15) is 61.0 Å². The van der Waals surface area contributed by atoms with Gasteiger partial charge < -0.3 is 15.6 Å². The fraction of sp³-hybridized carbons (Fsp3) is 0.455. The van der Waals surface area contributed by atoms with E-state index in [4.69, 9.17) is 0 Å². The monoisotopic (exact) mass is 444 g/mol. The first kappa shape index (κ1) is 21.9. The minimum Gasteiger partial charge on any atom is -0.352 e. The highest BCUT2D eigenvalue weighted by Crippen LogP contribution is 2.43. The van der Waals surface area contributed by atoms with Crippen LogP contribution in [-0.2, 0) is 17.9 Å². The molecule has 4 rings (SSSR count). The summed E-state index contributed by atoms with van der Waals surface area (Å²) >= 11 is 0. The molecule has 8 nitrogen and oxygen atoms in total. The lowest BCUT2D eigenvalue weighted by molar-refractivity contribution is -0.133. The molecular weight excluding hydrogens is 418 g/mol. The highest BCUT2D eigenvalue weighted by Gasteiger charge is 2.45. The minimum atomic E-state index is -2.61. The van der Waals surface area contributed by atoms with Gasteiger partial charge in [0.05, 0.1) is 17.6 Å². The highest BCUT2D eigenvalue weighted by molar-refractivity contribution is 5.92. The Labute approximate surface area is 183 Å². The molecule has 32 heavy (non-hydrogen) atoms. The van der Waals surface area contributed by atoms with E-state index in [2.05, 4.69) is 25.7 Å². The number of rotatable bonds is 8. The van der Waals surface area contributed by atoms with Gasteiger partial charge in [-0.3, -0.25) is 14.3 Å². The maximum atomic E-state index is 12.9. The Hall–Kier alpha value is -3.30. The molecule has 2 aromatic heterocycles. The van der Waals surface area contributed by atoms with Crippen LogP contribution in [-0.4, -0.2) is 37.5 Å². The molecule has 0 spiro atoms. The number of carbonyl (C=O) groups excluding carboxylic acids is 2. The molecule has 0 radical (unpaired) electrons. The van der Waals surface area contributed by atoms with Crippen molar-refractivity contribution >= 4 is 22.8 Å². The van der Waals surface area contributed by atoms with E-state index in [1.54, 1.807) is 16.9 Å². The SMILES string of the molecule is CC(C)n1nccc1C(=O)NCc1nc2ccc(CNC(=O)CC3CC(F)(F)C3)cc2[nH]1. The van der Waals surface area contributed by atoms with Gasteiger partial charge in [0, 0.05) is 38.0 Å². The molecule has 2 heterocycles. The molecule has 1 fully saturated rings. The lowest BCUT2D eigenvalue weighted by atomic mass is 9.79. The quantitative estimate of drug-likeness (QED) is 0.496. The lowest BCUT2D eigenvalue weighted by Crippen LogP contribution is -2.38. The summed E-state index contributed by atoms with van der Waals surface area (Å²) in [4.78, 5) is 32.1. The van der Waals surface area contributed by atoms with Crippen molar-refractivity contribution in [2.24, 2.45) is 5.92 Å². The summed E-state index contributed by atoms with van der Waals surface area (Å²) in [6.45, 7) is 4.45. The van der Waals surface area contributed by atoms with E-state index in [1.807, 2.05) is 32.0 Å². The highest BCUT2D eigenvalue weighted by atomic mass is 19.3. The van der Waals surface area contributed by atoms with Crippen LogP contribution in [0.3, 0.4) is 0 Å². The van der Waals surface area contributed by atoms with Crippen LogP contribution in [0.4, 0.5) is 8.78 Å². The average molecular weight is 444 g/mol. The number of amides is 2. The Balaban J connectivity index is 1.31. The summed E-state index contributed by atoms with van der Waals surface area (Å²) in [6, 6.07) is 7.30. The van der Waals surface area contributed by atoms with Gasteiger partial charge in [0.2, 0.25) is 11.8 Å². The predicted octanol–water partition coefficient (Wildman–Crippen LogP) is 3.32. The van der Waals surface area contributed by atoms with Crippen molar-refractivity contribution in [2.45, 2.75) is 58.2 Å². The number of nitrogens with zero attached hydrogens (tertiary/aromatic N) is 3. The van der Waals surface area contributed by atoms with Crippen LogP contribution in [0.15, 0.2) is 30.5 Å². The number of hydrogen-bond donors (Lipinski definition) is 3. The second kappa shape index (κ2) is 8.68. The van der Waals surface area contributed by atoms with Crippen LogP contribution in [0.5, 0.6) is 0 Å². The van der Waals surface area contributed by atoms with Crippen LogP contribution in [0.2, 0.25) is 0 Å².